The number of halogens is 1. The number of hydrogen-bond donors (Lipinski definition) is 1. The molecule has 2 aliphatic heterocycles. The smallest absolute Gasteiger partial charge is 0.278 e. The van der Waals surface area contributed by atoms with Crippen LogP contribution >= 0.6 is 0 Å². The number of para-hydroxylation sites is 1. The van der Waals surface area contributed by atoms with Crippen LogP contribution in [0.3, 0.4) is 0 Å². The van der Waals surface area contributed by atoms with E-state index in [2.05, 4.69) is 0 Å². The standard InChI is InChI=1S/C27H26FN3O4/c1-2-19-11-6-7-16-35-26-20(12-8-13-21(26)28)23(18-9-4-3-5-10-18)31-17-29(19)27(34)24-25(33)22(32)14-15-30(24)31/h3-10,12-15,19,23,33H,2,11,16-17H2,1H3/b7-6-/t19-,23+/m1/s1. The normalized spacial score (nSPS) is 20.7. The molecule has 0 aliphatic carbocycles. The monoisotopic (exact) mass is 475 g/mol. The van der Waals surface area contributed by atoms with Gasteiger partial charge in [0.2, 0.25) is 5.43 Å². The van der Waals surface area contributed by atoms with Crippen molar-refractivity contribution in [3.63, 3.8) is 0 Å². The zero-order valence-electron chi connectivity index (χ0n) is 19.3. The summed E-state index contributed by atoms with van der Waals surface area (Å²) in [4.78, 5) is 27.6. The van der Waals surface area contributed by atoms with Crippen LogP contribution in [0.2, 0.25) is 0 Å². The van der Waals surface area contributed by atoms with Gasteiger partial charge in [-0.25, -0.2) is 4.39 Å². The lowest BCUT2D eigenvalue weighted by atomic mass is 9.96. The van der Waals surface area contributed by atoms with Crippen LogP contribution in [-0.2, 0) is 0 Å². The molecule has 1 aromatic heterocycles. The average Bonchev–Trinajstić information content (AvgIpc) is 2.86. The van der Waals surface area contributed by atoms with Gasteiger partial charge in [0.15, 0.2) is 23.0 Å². The number of fused-ring (bicyclic) bond motifs is 5. The third-order valence-corrected chi connectivity index (χ3v) is 6.61. The van der Waals surface area contributed by atoms with E-state index in [-0.39, 0.29) is 30.8 Å². The molecule has 3 aromatic rings. The Kier molecular flexibility index (Phi) is 6.03. The summed E-state index contributed by atoms with van der Waals surface area (Å²) in [5, 5.41) is 12.6. The van der Waals surface area contributed by atoms with E-state index in [9.17, 15) is 14.7 Å². The number of amides is 1. The molecule has 1 amide bonds. The average molecular weight is 476 g/mol. The first kappa shape index (κ1) is 22.7. The molecule has 2 bridgehead atoms. The molecule has 2 atom stereocenters. The van der Waals surface area contributed by atoms with Gasteiger partial charge in [-0.2, -0.15) is 0 Å². The van der Waals surface area contributed by atoms with Crippen molar-refractivity contribution >= 4 is 5.91 Å². The van der Waals surface area contributed by atoms with E-state index in [0.717, 1.165) is 5.56 Å². The summed E-state index contributed by atoms with van der Waals surface area (Å²) in [5.41, 5.74) is 0.660. The van der Waals surface area contributed by atoms with E-state index in [4.69, 9.17) is 4.74 Å². The summed E-state index contributed by atoms with van der Waals surface area (Å²) in [6, 6.07) is 14.8. The van der Waals surface area contributed by atoms with E-state index < -0.39 is 28.9 Å². The molecule has 3 heterocycles. The Bertz CT molecular complexity index is 1340. The van der Waals surface area contributed by atoms with Crippen molar-refractivity contribution in [1.82, 2.24) is 9.58 Å². The van der Waals surface area contributed by atoms with Crippen LogP contribution in [0.4, 0.5) is 4.39 Å². The largest absolute Gasteiger partial charge is 0.502 e. The zero-order valence-corrected chi connectivity index (χ0v) is 19.3. The number of pyridine rings is 1. The highest BCUT2D eigenvalue weighted by atomic mass is 19.1. The maximum Gasteiger partial charge on any atom is 0.278 e. The van der Waals surface area contributed by atoms with Gasteiger partial charge in [-0.3, -0.25) is 19.3 Å². The Labute approximate surface area is 202 Å². The molecule has 1 N–H and O–H groups in total. The maximum atomic E-state index is 15.1. The van der Waals surface area contributed by atoms with Crippen LogP contribution < -0.4 is 15.2 Å². The topological polar surface area (TPSA) is 75.0 Å². The summed E-state index contributed by atoms with van der Waals surface area (Å²) >= 11 is 0. The number of nitrogens with zero attached hydrogens (tertiary/aromatic N) is 3. The third-order valence-electron chi connectivity index (χ3n) is 6.61. The number of benzene rings is 2. The Morgan fingerprint density at radius 3 is 2.63 bits per heavy atom. The van der Waals surface area contributed by atoms with Crippen molar-refractivity contribution in [2.75, 3.05) is 18.3 Å². The van der Waals surface area contributed by atoms with E-state index in [1.807, 2.05) is 54.4 Å². The molecule has 2 aliphatic rings. The fourth-order valence-electron chi connectivity index (χ4n) is 4.85. The highest BCUT2D eigenvalue weighted by Crippen LogP contribution is 2.38. The van der Waals surface area contributed by atoms with Crippen LogP contribution in [0.15, 0.2) is 77.7 Å². The fraction of sp³-hybridized carbons (Fsp3) is 0.259. The van der Waals surface area contributed by atoms with Crippen LogP contribution in [0.25, 0.3) is 0 Å². The summed E-state index contributed by atoms with van der Waals surface area (Å²) in [5.74, 6) is -1.40. The van der Waals surface area contributed by atoms with Gasteiger partial charge in [0.05, 0.1) is 0 Å². The van der Waals surface area contributed by atoms with Crippen molar-refractivity contribution in [2.45, 2.75) is 31.8 Å². The lowest BCUT2D eigenvalue weighted by Crippen LogP contribution is -2.58. The number of carbonyl (C=O) groups is 1. The molecule has 0 fully saturated rings. The molecule has 35 heavy (non-hydrogen) atoms. The quantitative estimate of drug-likeness (QED) is 0.568. The summed E-state index contributed by atoms with van der Waals surface area (Å²) in [6.07, 6.45) is 6.44. The van der Waals surface area contributed by atoms with Crippen molar-refractivity contribution in [2.24, 2.45) is 0 Å². The number of hydrogen-bond acceptors (Lipinski definition) is 5. The molecule has 0 unspecified atom stereocenters. The van der Waals surface area contributed by atoms with Crippen LogP contribution in [0, 0.1) is 5.82 Å². The first-order chi connectivity index (χ1) is 17.0. The summed E-state index contributed by atoms with van der Waals surface area (Å²) in [7, 11) is 0. The summed E-state index contributed by atoms with van der Waals surface area (Å²) in [6.45, 7) is 2.34. The Morgan fingerprint density at radius 2 is 1.86 bits per heavy atom. The lowest BCUT2D eigenvalue weighted by molar-refractivity contribution is 0.0584. The first-order valence-electron chi connectivity index (χ1n) is 11.6. The number of aromatic nitrogens is 1. The minimum atomic E-state index is -0.633. The molecule has 5 rings (SSSR count). The third kappa shape index (κ3) is 3.95. The molecule has 8 heteroatoms. The van der Waals surface area contributed by atoms with Gasteiger partial charge >= 0.3 is 0 Å². The number of aromatic hydroxyl groups is 1. The van der Waals surface area contributed by atoms with E-state index >= 15 is 4.39 Å². The first-order valence-corrected chi connectivity index (χ1v) is 11.6. The summed E-state index contributed by atoms with van der Waals surface area (Å²) < 4.78 is 22.5. The SMILES string of the molecule is CC[C@@H]1C/C=C\COc2c(F)cccc2[C@H](c2ccccc2)N2CN1C(=O)c1c(O)c(=O)ccn12. The van der Waals surface area contributed by atoms with Gasteiger partial charge in [0, 0.05) is 23.9 Å². The number of ether oxygens (including phenoxy) is 1. The second kappa shape index (κ2) is 9.29. The molecule has 0 spiro atoms. The zero-order chi connectivity index (χ0) is 24.5. The lowest BCUT2D eigenvalue weighted by Gasteiger charge is -2.46. The maximum absolute atomic E-state index is 15.1. The number of carbonyl (C=O) groups excluding carboxylic acids is 1. The van der Waals surface area contributed by atoms with Crippen molar-refractivity contribution < 1.29 is 19.0 Å². The minimum absolute atomic E-state index is 0.108. The van der Waals surface area contributed by atoms with E-state index in [0.29, 0.717) is 18.4 Å². The van der Waals surface area contributed by atoms with Gasteiger partial charge in [-0.15, -0.1) is 0 Å². The Balaban J connectivity index is 1.82. The molecule has 0 radical (unpaired) electrons. The van der Waals surface area contributed by atoms with Crippen molar-refractivity contribution in [3.05, 3.63) is 106 Å². The number of rotatable bonds is 2. The van der Waals surface area contributed by atoms with Gasteiger partial charge < -0.3 is 14.7 Å². The minimum Gasteiger partial charge on any atom is -0.502 e. The van der Waals surface area contributed by atoms with Crippen LogP contribution in [-0.4, -0.2) is 39.9 Å². The highest BCUT2D eigenvalue weighted by molar-refractivity contribution is 5.96. The highest BCUT2D eigenvalue weighted by Gasteiger charge is 2.39. The fourth-order valence-corrected chi connectivity index (χ4v) is 4.85. The molecular formula is C27H26FN3O4. The van der Waals surface area contributed by atoms with Crippen molar-refractivity contribution in [3.8, 4) is 11.5 Å². The van der Waals surface area contributed by atoms with Crippen molar-refractivity contribution in [1.29, 1.82) is 0 Å². The van der Waals surface area contributed by atoms with Gasteiger partial charge in [0.1, 0.15) is 19.3 Å². The molecule has 0 saturated heterocycles. The second-order valence-electron chi connectivity index (χ2n) is 8.63. The predicted molar refractivity (Wildman–Crippen MR) is 130 cm³/mol. The second-order valence-corrected chi connectivity index (χ2v) is 8.63. The van der Waals surface area contributed by atoms with Crippen LogP contribution in [0.1, 0.15) is 47.4 Å². The molecular weight excluding hydrogens is 449 g/mol. The van der Waals surface area contributed by atoms with E-state index in [1.165, 1.54) is 23.0 Å². The molecule has 7 nitrogen and oxygen atoms in total. The van der Waals surface area contributed by atoms with E-state index in [1.54, 1.807) is 17.0 Å². The molecule has 180 valence electrons. The Morgan fingerprint density at radius 1 is 1.06 bits per heavy atom. The Hall–Kier alpha value is -4.07. The van der Waals surface area contributed by atoms with Crippen LogP contribution in [0.5, 0.6) is 11.5 Å². The van der Waals surface area contributed by atoms with Gasteiger partial charge in [-0.05, 0) is 24.5 Å². The molecule has 0 saturated carbocycles. The molecule has 2 aromatic carbocycles. The van der Waals surface area contributed by atoms with Gasteiger partial charge in [-0.1, -0.05) is 61.5 Å². The van der Waals surface area contributed by atoms with Gasteiger partial charge in [0.25, 0.3) is 5.91 Å². The predicted octanol–water partition coefficient (Wildman–Crippen LogP) is 3.95.